The van der Waals surface area contributed by atoms with E-state index in [1.807, 2.05) is 0 Å². The average molecular weight is 1060 g/mol. The third-order valence-electron chi connectivity index (χ3n) is 16.2. The Bertz CT molecular complexity index is 4250. The summed E-state index contributed by atoms with van der Waals surface area (Å²) < 4.78 is 4.74. The van der Waals surface area contributed by atoms with Crippen LogP contribution in [0.1, 0.15) is 52.7 Å². The predicted octanol–water partition coefficient (Wildman–Crippen LogP) is 20.7. The highest BCUT2D eigenvalue weighted by Gasteiger charge is 2.28. The molecular weight excluding hydrogens is 997 g/mol. The second kappa shape index (κ2) is 19.9. The molecular formula is C76H62N6. The van der Waals surface area contributed by atoms with Gasteiger partial charge in [0.1, 0.15) is 0 Å². The fourth-order valence-corrected chi connectivity index (χ4v) is 12.2. The van der Waals surface area contributed by atoms with E-state index in [9.17, 15) is 0 Å². The van der Waals surface area contributed by atoms with Crippen molar-refractivity contribution in [1.82, 2.24) is 19.1 Å². The molecule has 0 aliphatic rings. The Morgan fingerprint density at radius 2 is 0.524 bits per heavy atom. The lowest BCUT2D eigenvalue weighted by atomic mass is 9.80. The van der Waals surface area contributed by atoms with E-state index in [0.29, 0.717) is 0 Å². The highest BCUT2D eigenvalue weighted by Crippen LogP contribution is 2.44. The highest BCUT2D eigenvalue weighted by atomic mass is 15.1. The van der Waals surface area contributed by atoms with E-state index in [-0.39, 0.29) is 10.8 Å². The van der Waals surface area contributed by atoms with Crippen molar-refractivity contribution < 1.29 is 0 Å². The Kier molecular flexibility index (Phi) is 12.2. The lowest BCUT2D eigenvalue weighted by Gasteiger charge is -2.27. The van der Waals surface area contributed by atoms with Gasteiger partial charge in [-0.25, -0.2) is 9.97 Å². The zero-order chi connectivity index (χ0) is 55.7. The molecule has 0 N–H and O–H groups in total. The SMILES string of the molecule is CC(C)(C)c1ccc(C(C)(C)C)c2nc(-c3ccc(N(c4ccccc4)c4ccc(-n5c6ccccc6c6ccccc65)cc4)cc3)c(-c3ccc(N(c4ccccc4)c4ccc(-n5c6ccccc6c6ccccc65)cc4)cc3)nc12. The van der Waals surface area contributed by atoms with Crippen LogP contribution in [0.25, 0.3) is 88.5 Å². The molecule has 396 valence electrons. The maximum atomic E-state index is 5.76. The molecule has 0 spiro atoms. The molecule has 0 atom stereocenters. The number of fused-ring (bicyclic) bond motifs is 7. The third-order valence-corrected chi connectivity index (χ3v) is 16.2. The zero-order valence-corrected chi connectivity index (χ0v) is 47.1. The monoisotopic (exact) mass is 1060 g/mol. The van der Waals surface area contributed by atoms with E-state index in [4.69, 9.17) is 9.97 Å². The summed E-state index contributed by atoms with van der Waals surface area (Å²) in [5, 5.41) is 4.99. The molecule has 0 amide bonds. The normalized spacial score (nSPS) is 12.0. The molecule has 3 heterocycles. The number of aromatic nitrogens is 4. The molecule has 0 saturated carbocycles. The smallest absolute Gasteiger partial charge is 0.0973 e. The Morgan fingerprint density at radius 1 is 0.268 bits per heavy atom. The van der Waals surface area contributed by atoms with Crippen LogP contribution in [0.2, 0.25) is 0 Å². The molecule has 0 aliphatic heterocycles. The number of anilines is 6. The number of rotatable bonds is 10. The molecule has 6 nitrogen and oxygen atoms in total. The molecule has 0 aliphatic carbocycles. The first-order valence-electron chi connectivity index (χ1n) is 28.4. The highest BCUT2D eigenvalue weighted by molar-refractivity contribution is 6.10. The van der Waals surface area contributed by atoms with Gasteiger partial charge in [-0.2, -0.15) is 0 Å². The van der Waals surface area contributed by atoms with Crippen molar-refractivity contribution in [2.24, 2.45) is 0 Å². The minimum absolute atomic E-state index is 0.177. The fraction of sp³-hybridized carbons (Fsp3) is 0.105. The van der Waals surface area contributed by atoms with Gasteiger partial charge in [0, 0.05) is 78.2 Å². The van der Waals surface area contributed by atoms with Gasteiger partial charge in [-0.1, -0.05) is 187 Å². The van der Waals surface area contributed by atoms with Gasteiger partial charge in [-0.3, -0.25) is 0 Å². The molecule has 0 fully saturated rings. The van der Waals surface area contributed by atoms with Crippen LogP contribution in [0.5, 0.6) is 0 Å². The Hall–Kier alpha value is -10.0. The Labute approximate surface area is 479 Å². The largest absolute Gasteiger partial charge is 0.311 e. The molecule has 82 heavy (non-hydrogen) atoms. The second-order valence-electron chi connectivity index (χ2n) is 23.5. The van der Waals surface area contributed by atoms with Gasteiger partial charge >= 0.3 is 0 Å². The quantitative estimate of drug-likeness (QED) is 0.137. The zero-order valence-electron chi connectivity index (χ0n) is 47.1. The van der Waals surface area contributed by atoms with Crippen LogP contribution in [0.15, 0.2) is 267 Å². The molecule has 0 unspecified atom stereocenters. The van der Waals surface area contributed by atoms with Gasteiger partial charge < -0.3 is 18.9 Å². The molecule has 14 rings (SSSR count). The first kappa shape index (κ1) is 50.2. The van der Waals surface area contributed by atoms with Crippen molar-refractivity contribution in [2.45, 2.75) is 52.4 Å². The average Bonchev–Trinajstić information content (AvgIpc) is 2.77. The number of nitrogens with zero attached hydrogens (tertiary/aromatic N) is 6. The van der Waals surface area contributed by atoms with E-state index in [1.165, 1.54) is 54.7 Å². The minimum Gasteiger partial charge on any atom is -0.311 e. The van der Waals surface area contributed by atoms with E-state index in [1.54, 1.807) is 0 Å². The summed E-state index contributed by atoms with van der Waals surface area (Å²) >= 11 is 0. The van der Waals surface area contributed by atoms with Crippen LogP contribution in [0.4, 0.5) is 34.1 Å². The Balaban J connectivity index is 0.870. The summed E-state index contributed by atoms with van der Waals surface area (Å²) in [6, 6.07) is 96.2. The number of para-hydroxylation sites is 6. The van der Waals surface area contributed by atoms with Crippen molar-refractivity contribution in [3.8, 4) is 33.9 Å². The molecule has 0 saturated heterocycles. The predicted molar refractivity (Wildman–Crippen MR) is 346 cm³/mol. The van der Waals surface area contributed by atoms with Crippen LogP contribution >= 0.6 is 0 Å². The van der Waals surface area contributed by atoms with Crippen molar-refractivity contribution in [2.75, 3.05) is 9.80 Å². The summed E-state index contributed by atoms with van der Waals surface area (Å²) in [4.78, 5) is 16.2. The van der Waals surface area contributed by atoms with Crippen LogP contribution in [0.3, 0.4) is 0 Å². The molecule has 11 aromatic carbocycles. The number of benzene rings is 11. The van der Waals surface area contributed by atoms with Gasteiger partial charge in [0.25, 0.3) is 0 Å². The molecule has 0 radical (unpaired) electrons. The first-order valence-corrected chi connectivity index (χ1v) is 28.4. The van der Waals surface area contributed by atoms with Crippen LogP contribution < -0.4 is 9.80 Å². The Morgan fingerprint density at radius 3 is 0.817 bits per heavy atom. The lowest BCUT2D eigenvalue weighted by Crippen LogP contribution is -2.18. The second-order valence-corrected chi connectivity index (χ2v) is 23.5. The summed E-state index contributed by atoms with van der Waals surface area (Å²) in [6.07, 6.45) is 0. The van der Waals surface area contributed by atoms with E-state index >= 15 is 0 Å². The summed E-state index contributed by atoms with van der Waals surface area (Å²) in [6.45, 7) is 13.6. The summed E-state index contributed by atoms with van der Waals surface area (Å²) in [7, 11) is 0. The fourth-order valence-electron chi connectivity index (χ4n) is 12.2. The van der Waals surface area contributed by atoms with Crippen LogP contribution in [0, 0.1) is 0 Å². The maximum Gasteiger partial charge on any atom is 0.0973 e. The topological polar surface area (TPSA) is 42.1 Å². The molecule has 0 bridgehead atoms. The molecule has 14 aromatic rings. The van der Waals surface area contributed by atoms with Gasteiger partial charge in [0.2, 0.25) is 0 Å². The van der Waals surface area contributed by atoms with Crippen molar-refractivity contribution in [3.05, 3.63) is 278 Å². The minimum atomic E-state index is -0.177. The molecule has 6 heteroatoms. The van der Waals surface area contributed by atoms with Gasteiger partial charge in [-0.05, 0) is 143 Å². The van der Waals surface area contributed by atoms with E-state index in [2.05, 4.69) is 327 Å². The van der Waals surface area contributed by atoms with Crippen LogP contribution in [-0.4, -0.2) is 19.1 Å². The van der Waals surface area contributed by atoms with Crippen molar-refractivity contribution >= 4 is 88.8 Å². The van der Waals surface area contributed by atoms with Gasteiger partial charge in [0.05, 0.1) is 44.5 Å². The van der Waals surface area contributed by atoms with Crippen molar-refractivity contribution in [3.63, 3.8) is 0 Å². The lowest BCUT2D eigenvalue weighted by molar-refractivity contribution is 0.583. The molecule has 3 aromatic heterocycles. The summed E-state index contributed by atoms with van der Waals surface area (Å²) in [5.41, 5.74) is 20.8. The van der Waals surface area contributed by atoms with E-state index < -0.39 is 0 Å². The first-order chi connectivity index (χ1) is 40.0. The summed E-state index contributed by atoms with van der Waals surface area (Å²) in [5.74, 6) is 0. The van der Waals surface area contributed by atoms with Gasteiger partial charge in [0.15, 0.2) is 0 Å². The number of hydrogen-bond acceptors (Lipinski definition) is 4. The van der Waals surface area contributed by atoms with E-state index in [0.717, 1.165) is 79.0 Å². The maximum absolute atomic E-state index is 5.76. The van der Waals surface area contributed by atoms with Crippen LogP contribution in [-0.2, 0) is 10.8 Å². The van der Waals surface area contributed by atoms with Crippen molar-refractivity contribution in [1.29, 1.82) is 0 Å². The third kappa shape index (κ3) is 8.75. The standard InChI is InChI=1S/C76H62N6/c1-75(2,3)65-49-50-66(76(4,5)6)74-73(65)77-71(51-33-37-55(38-34-51)79(53-21-9-7-10-22-53)57-41-45-59(46-42-57)81-67-29-17-13-25-61(67)62-26-14-18-30-68(62)81)72(78-74)52-35-39-56(40-36-52)80(54-23-11-8-12-24-54)58-43-47-60(48-44-58)82-69-31-19-15-27-63(69)64-28-16-20-32-70(64)82/h7-50H,1-6H3. The van der Waals surface area contributed by atoms with Gasteiger partial charge in [-0.15, -0.1) is 0 Å². The number of hydrogen-bond donors (Lipinski definition) is 0.